The molecule has 0 atom stereocenters. The first-order valence-electron chi connectivity index (χ1n) is 7.40. The molecule has 3 N–H and O–H groups in total. The van der Waals surface area contributed by atoms with E-state index in [0.717, 1.165) is 11.3 Å². The van der Waals surface area contributed by atoms with Gasteiger partial charge in [0.1, 0.15) is 0 Å². The number of aryl methyl sites for hydroxylation is 1. The van der Waals surface area contributed by atoms with E-state index in [1.165, 1.54) is 5.56 Å². The van der Waals surface area contributed by atoms with Crippen LogP contribution in [0.4, 0.5) is 5.69 Å². The van der Waals surface area contributed by atoms with Gasteiger partial charge in [0.25, 0.3) is 5.91 Å². The molecule has 23 heavy (non-hydrogen) atoms. The third kappa shape index (κ3) is 4.85. The molecular formula is C18H22N4O. The lowest BCUT2D eigenvalue weighted by Crippen LogP contribution is -2.22. The predicted molar refractivity (Wildman–Crippen MR) is 94.6 cm³/mol. The number of carbonyl (C=O) groups excluding carboxylic acids is 1. The van der Waals surface area contributed by atoms with Crippen LogP contribution in [-0.4, -0.2) is 30.9 Å². The smallest absolute Gasteiger partial charge is 0.253 e. The lowest BCUT2D eigenvalue weighted by molar-refractivity contribution is 0.0827. The average molecular weight is 310 g/mol. The molecule has 0 aliphatic heterocycles. The van der Waals surface area contributed by atoms with Gasteiger partial charge in [-0.3, -0.25) is 4.79 Å². The number of carbonyl (C=O) groups is 1. The maximum atomic E-state index is 11.8. The number of anilines is 1. The van der Waals surface area contributed by atoms with Gasteiger partial charge in [0.05, 0.1) is 6.54 Å². The van der Waals surface area contributed by atoms with Crippen molar-refractivity contribution in [3.8, 4) is 0 Å². The van der Waals surface area contributed by atoms with Crippen molar-refractivity contribution in [2.75, 3.05) is 19.4 Å². The summed E-state index contributed by atoms with van der Waals surface area (Å²) in [4.78, 5) is 17.7. The van der Waals surface area contributed by atoms with Gasteiger partial charge in [-0.15, -0.1) is 0 Å². The molecule has 0 aromatic heterocycles. The Morgan fingerprint density at radius 3 is 2.26 bits per heavy atom. The Kier molecular flexibility index (Phi) is 5.36. The number of guanidine groups is 1. The number of rotatable bonds is 4. The number of aliphatic imine (C=N–C) groups is 1. The summed E-state index contributed by atoms with van der Waals surface area (Å²) in [6, 6.07) is 15.3. The highest BCUT2D eigenvalue weighted by atomic mass is 16.2. The van der Waals surface area contributed by atoms with Crippen LogP contribution >= 0.6 is 0 Å². The van der Waals surface area contributed by atoms with E-state index in [4.69, 9.17) is 5.73 Å². The fraction of sp³-hybridized carbons (Fsp3) is 0.222. The molecule has 0 radical (unpaired) electrons. The SMILES string of the molecule is Cc1ccc(NC(N)=NCc2ccc(C(=O)N(C)C)cc2)cc1. The Balaban J connectivity index is 1.96. The van der Waals surface area contributed by atoms with E-state index in [9.17, 15) is 4.79 Å². The first kappa shape index (κ1) is 16.5. The number of nitrogens with zero attached hydrogens (tertiary/aromatic N) is 2. The highest BCUT2D eigenvalue weighted by molar-refractivity contribution is 5.94. The largest absolute Gasteiger partial charge is 0.370 e. The van der Waals surface area contributed by atoms with Crippen molar-refractivity contribution in [3.05, 3.63) is 65.2 Å². The van der Waals surface area contributed by atoms with Crippen molar-refractivity contribution in [3.63, 3.8) is 0 Å². The van der Waals surface area contributed by atoms with Gasteiger partial charge in [-0.25, -0.2) is 4.99 Å². The zero-order valence-corrected chi connectivity index (χ0v) is 13.7. The van der Waals surface area contributed by atoms with Crippen LogP contribution in [0.15, 0.2) is 53.5 Å². The van der Waals surface area contributed by atoms with Crippen LogP contribution in [-0.2, 0) is 6.54 Å². The quantitative estimate of drug-likeness (QED) is 0.673. The third-order valence-corrected chi connectivity index (χ3v) is 3.36. The van der Waals surface area contributed by atoms with E-state index in [1.54, 1.807) is 31.1 Å². The summed E-state index contributed by atoms with van der Waals surface area (Å²) in [5, 5.41) is 3.05. The highest BCUT2D eigenvalue weighted by Gasteiger charge is 2.06. The molecule has 0 bridgehead atoms. The maximum Gasteiger partial charge on any atom is 0.253 e. The second-order valence-corrected chi connectivity index (χ2v) is 5.59. The van der Waals surface area contributed by atoms with Gasteiger partial charge in [-0.2, -0.15) is 0 Å². The van der Waals surface area contributed by atoms with Crippen molar-refractivity contribution in [1.82, 2.24) is 4.90 Å². The van der Waals surface area contributed by atoms with E-state index in [1.807, 2.05) is 43.3 Å². The fourth-order valence-corrected chi connectivity index (χ4v) is 2.01. The Hall–Kier alpha value is -2.82. The van der Waals surface area contributed by atoms with Crippen molar-refractivity contribution in [2.45, 2.75) is 13.5 Å². The lowest BCUT2D eigenvalue weighted by Gasteiger charge is -2.10. The van der Waals surface area contributed by atoms with Gasteiger partial charge in [0.15, 0.2) is 5.96 Å². The average Bonchev–Trinajstić information content (AvgIpc) is 2.55. The van der Waals surface area contributed by atoms with Crippen LogP contribution in [0.25, 0.3) is 0 Å². The topological polar surface area (TPSA) is 70.7 Å². The molecule has 2 rings (SSSR count). The zero-order valence-electron chi connectivity index (χ0n) is 13.7. The van der Waals surface area contributed by atoms with E-state index in [-0.39, 0.29) is 5.91 Å². The number of hydrogen-bond acceptors (Lipinski definition) is 2. The van der Waals surface area contributed by atoms with Crippen molar-refractivity contribution in [1.29, 1.82) is 0 Å². The summed E-state index contributed by atoms with van der Waals surface area (Å²) in [6.07, 6.45) is 0. The normalized spacial score (nSPS) is 11.2. The summed E-state index contributed by atoms with van der Waals surface area (Å²) in [5.74, 6) is 0.350. The van der Waals surface area contributed by atoms with Gasteiger partial charge in [-0.1, -0.05) is 29.8 Å². The zero-order chi connectivity index (χ0) is 16.8. The molecular weight excluding hydrogens is 288 g/mol. The second kappa shape index (κ2) is 7.45. The minimum absolute atomic E-state index is 0.0133. The van der Waals surface area contributed by atoms with Crippen molar-refractivity contribution in [2.24, 2.45) is 10.7 Å². The molecule has 120 valence electrons. The van der Waals surface area contributed by atoms with Gasteiger partial charge in [-0.05, 0) is 36.8 Å². The van der Waals surface area contributed by atoms with E-state index in [0.29, 0.717) is 18.1 Å². The number of amides is 1. The molecule has 1 amide bonds. The van der Waals surface area contributed by atoms with Crippen molar-refractivity contribution < 1.29 is 4.79 Å². The van der Waals surface area contributed by atoms with Crippen LogP contribution in [0.3, 0.4) is 0 Å². The van der Waals surface area contributed by atoms with Gasteiger partial charge < -0.3 is 16.0 Å². The molecule has 0 spiro atoms. The fourth-order valence-electron chi connectivity index (χ4n) is 2.01. The van der Waals surface area contributed by atoms with Crippen LogP contribution < -0.4 is 11.1 Å². The van der Waals surface area contributed by atoms with E-state index in [2.05, 4.69) is 10.3 Å². The van der Waals surface area contributed by atoms with Crippen molar-refractivity contribution >= 4 is 17.6 Å². The molecule has 0 unspecified atom stereocenters. The molecule has 0 saturated carbocycles. The standard InChI is InChI=1S/C18H22N4O/c1-13-4-10-16(11-5-13)21-18(19)20-12-14-6-8-15(9-7-14)17(23)22(2)3/h4-11H,12H2,1-3H3,(H3,19,20,21). The molecule has 0 fully saturated rings. The van der Waals surface area contributed by atoms with E-state index >= 15 is 0 Å². The summed E-state index contributed by atoms with van der Waals surface area (Å²) in [7, 11) is 3.47. The van der Waals surface area contributed by atoms with Gasteiger partial charge in [0, 0.05) is 25.3 Å². The molecule has 0 aliphatic rings. The minimum Gasteiger partial charge on any atom is -0.370 e. The van der Waals surface area contributed by atoms with Crippen LogP contribution in [0, 0.1) is 6.92 Å². The second-order valence-electron chi connectivity index (χ2n) is 5.59. The Labute approximate surface area is 136 Å². The number of nitrogens with one attached hydrogen (secondary N) is 1. The Bertz CT molecular complexity index is 688. The first-order chi connectivity index (χ1) is 11.0. The Morgan fingerprint density at radius 1 is 1.09 bits per heavy atom. The summed E-state index contributed by atoms with van der Waals surface area (Å²) in [5.41, 5.74) is 9.64. The van der Waals surface area contributed by atoms with Crippen LogP contribution in [0.2, 0.25) is 0 Å². The minimum atomic E-state index is -0.0133. The third-order valence-electron chi connectivity index (χ3n) is 3.36. The molecule has 2 aromatic rings. The number of hydrogen-bond donors (Lipinski definition) is 2. The summed E-state index contributed by atoms with van der Waals surface area (Å²) >= 11 is 0. The predicted octanol–water partition coefficient (Wildman–Crippen LogP) is 2.62. The molecule has 0 saturated heterocycles. The number of benzene rings is 2. The molecule has 5 nitrogen and oxygen atoms in total. The maximum absolute atomic E-state index is 11.8. The summed E-state index contributed by atoms with van der Waals surface area (Å²) < 4.78 is 0. The number of nitrogens with two attached hydrogens (primary N) is 1. The van der Waals surface area contributed by atoms with Gasteiger partial charge in [0.2, 0.25) is 0 Å². The monoisotopic (exact) mass is 310 g/mol. The molecule has 5 heteroatoms. The molecule has 0 aliphatic carbocycles. The van der Waals surface area contributed by atoms with Crippen LogP contribution in [0.5, 0.6) is 0 Å². The Morgan fingerprint density at radius 2 is 1.70 bits per heavy atom. The van der Waals surface area contributed by atoms with Crippen LogP contribution in [0.1, 0.15) is 21.5 Å². The first-order valence-corrected chi connectivity index (χ1v) is 7.40. The molecule has 0 heterocycles. The van der Waals surface area contributed by atoms with Gasteiger partial charge >= 0.3 is 0 Å². The highest BCUT2D eigenvalue weighted by Crippen LogP contribution is 2.09. The lowest BCUT2D eigenvalue weighted by atomic mass is 10.1. The van der Waals surface area contributed by atoms with E-state index < -0.39 is 0 Å². The summed E-state index contributed by atoms with van der Waals surface area (Å²) in [6.45, 7) is 2.49. The molecule has 2 aromatic carbocycles.